The maximum Gasteiger partial charge on any atom is 0.183 e. The Hall–Kier alpha value is -1.58. The number of hydrogen-bond acceptors (Lipinski definition) is 2. The number of rotatable bonds is 4. The van der Waals surface area contributed by atoms with Gasteiger partial charge in [-0.3, -0.25) is 0 Å². The predicted molar refractivity (Wildman–Crippen MR) is 54.1 cm³/mol. The van der Waals surface area contributed by atoms with Gasteiger partial charge in [-0.25, -0.2) is 8.78 Å². The first-order chi connectivity index (χ1) is 6.66. The molecular formula is C10H12F2N2. The average molecular weight is 198 g/mol. The van der Waals surface area contributed by atoms with E-state index in [9.17, 15) is 8.78 Å². The fourth-order valence-electron chi connectivity index (χ4n) is 1.04. The van der Waals surface area contributed by atoms with Crippen LogP contribution >= 0.6 is 0 Å². The minimum Gasteiger partial charge on any atom is -0.397 e. The molecule has 0 heterocycles. The molecule has 0 unspecified atom stereocenters. The van der Waals surface area contributed by atoms with E-state index in [4.69, 9.17) is 5.73 Å². The zero-order valence-corrected chi connectivity index (χ0v) is 7.69. The van der Waals surface area contributed by atoms with Crippen molar-refractivity contribution in [3.05, 3.63) is 36.4 Å². The Bertz CT molecular complexity index is 337. The minimum absolute atomic E-state index is 0.0202. The lowest BCUT2D eigenvalue weighted by molar-refractivity contribution is 0.511. The van der Waals surface area contributed by atoms with E-state index in [1.165, 1.54) is 6.07 Å². The molecule has 1 aromatic carbocycles. The molecule has 0 spiro atoms. The van der Waals surface area contributed by atoms with Gasteiger partial charge < -0.3 is 11.1 Å². The molecule has 1 aromatic rings. The van der Waals surface area contributed by atoms with E-state index in [1.54, 1.807) is 6.08 Å². The van der Waals surface area contributed by atoms with E-state index >= 15 is 0 Å². The third kappa shape index (κ3) is 2.22. The zero-order chi connectivity index (χ0) is 10.6. The van der Waals surface area contributed by atoms with Crippen LogP contribution in [0.5, 0.6) is 0 Å². The summed E-state index contributed by atoms with van der Waals surface area (Å²) in [6.45, 7) is 4.00. The number of nitrogens with two attached hydrogens (primary N) is 1. The minimum atomic E-state index is -0.936. The number of halogens is 2. The molecule has 3 N–H and O–H groups in total. The van der Waals surface area contributed by atoms with Crippen LogP contribution < -0.4 is 11.1 Å². The predicted octanol–water partition coefficient (Wildman–Crippen LogP) is 2.54. The zero-order valence-electron chi connectivity index (χ0n) is 7.69. The monoisotopic (exact) mass is 198 g/mol. The lowest BCUT2D eigenvalue weighted by Crippen LogP contribution is -2.06. The number of benzene rings is 1. The van der Waals surface area contributed by atoms with Crippen molar-refractivity contribution in [3.63, 3.8) is 0 Å². The lowest BCUT2D eigenvalue weighted by atomic mass is 10.2. The van der Waals surface area contributed by atoms with Crippen LogP contribution in [0, 0.1) is 11.6 Å². The quantitative estimate of drug-likeness (QED) is 0.443. The molecule has 2 nitrogen and oxygen atoms in total. The summed E-state index contributed by atoms with van der Waals surface area (Å²) in [4.78, 5) is 0. The number of anilines is 2. The first kappa shape index (κ1) is 10.5. The summed E-state index contributed by atoms with van der Waals surface area (Å²) in [5, 5.41) is 2.71. The van der Waals surface area contributed by atoms with Crippen molar-refractivity contribution >= 4 is 11.4 Å². The standard InChI is InChI=1S/C10H12F2N2/c1-2-3-6-14-10-8(13)5-4-7(11)9(10)12/h2,4-5,14H,1,3,6,13H2. The van der Waals surface area contributed by atoms with Crippen LogP contribution in [0.3, 0.4) is 0 Å². The van der Waals surface area contributed by atoms with Crippen molar-refractivity contribution in [1.82, 2.24) is 0 Å². The number of nitrogen functional groups attached to an aromatic ring is 1. The Kier molecular flexibility index (Phi) is 3.45. The highest BCUT2D eigenvalue weighted by molar-refractivity contribution is 5.66. The fraction of sp³-hybridized carbons (Fsp3) is 0.200. The molecule has 0 aromatic heterocycles. The van der Waals surface area contributed by atoms with Crippen molar-refractivity contribution in [3.8, 4) is 0 Å². The van der Waals surface area contributed by atoms with Crippen molar-refractivity contribution in [2.24, 2.45) is 0 Å². The van der Waals surface area contributed by atoms with Gasteiger partial charge in [-0.2, -0.15) is 0 Å². The molecule has 0 aliphatic rings. The summed E-state index contributed by atoms with van der Waals surface area (Å²) in [5.41, 5.74) is 5.70. The van der Waals surface area contributed by atoms with Gasteiger partial charge in [0.05, 0.1) is 11.4 Å². The molecule has 14 heavy (non-hydrogen) atoms. The van der Waals surface area contributed by atoms with Crippen molar-refractivity contribution in [1.29, 1.82) is 0 Å². The third-order valence-corrected chi connectivity index (χ3v) is 1.78. The van der Waals surface area contributed by atoms with Crippen LogP contribution in [-0.2, 0) is 0 Å². The molecule has 1 rings (SSSR count). The molecule has 0 bridgehead atoms. The Balaban J connectivity index is 2.83. The van der Waals surface area contributed by atoms with E-state index in [0.29, 0.717) is 13.0 Å². The molecular weight excluding hydrogens is 186 g/mol. The third-order valence-electron chi connectivity index (χ3n) is 1.78. The van der Waals surface area contributed by atoms with Crippen LogP contribution in [-0.4, -0.2) is 6.54 Å². The number of hydrogen-bond donors (Lipinski definition) is 2. The Labute approximate surface area is 81.4 Å². The molecule has 0 saturated heterocycles. The molecule has 0 amide bonds. The summed E-state index contributed by atoms with van der Waals surface area (Å²) in [5.74, 6) is -1.84. The van der Waals surface area contributed by atoms with E-state index in [1.807, 2.05) is 0 Å². The number of nitrogens with one attached hydrogen (secondary N) is 1. The maximum atomic E-state index is 13.1. The first-order valence-electron chi connectivity index (χ1n) is 4.25. The van der Waals surface area contributed by atoms with Gasteiger partial charge >= 0.3 is 0 Å². The summed E-state index contributed by atoms with van der Waals surface area (Å²) >= 11 is 0. The van der Waals surface area contributed by atoms with Crippen LogP contribution in [0.1, 0.15) is 6.42 Å². The summed E-state index contributed by atoms with van der Waals surface area (Å²) in [7, 11) is 0. The summed E-state index contributed by atoms with van der Waals surface area (Å²) in [6, 6.07) is 2.33. The highest BCUT2D eigenvalue weighted by Gasteiger charge is 2.10. The second-order valence-electron chi connectivity index (χ2n) is 2.83. The average Bonchev–Trinajstić information content (AvgIpc) is 2.18. The van der Waals surface area contributed by atoms with E-state index < -0.39 is 11.6 Å². The molecule has 0 aliphatic heterocycles. The van der Waals surface area contributed by atoms with E-state index in [-0.39, 0.29) is 11.4 Å². The smallest absolute Gasteiger partial charge is 0.183 e. The van der Waals surface area contributed by atoms with Crippen LogP contribution in [0.2, 0.25) is 0 Å². The normalized spacial score (nSPS) is 9.86. The van der Waals surface area contributed by atoms with Crippen molar-refractivity contribution < 1.29 is 8.78 Å². The van der Waals surface area contributed by atoms with E-state index in [2.05, 4.69) is 11.9 Å². The topological polar surface area (TPSA) is 38.0 Å². The van der Waals surface area contributed by atoms with Gasteiger partial charge in [0.25, 0.3) is 0 Å². The first-order valence-corrected chi connectivity index (χ1v) is 4.25. The van der Waals surface area contributed by atoms with Crippen LogP contribution in [0.15, 0.2) is 24.8 Å². The van der Waals surface area contributed by atoms with Gasteiger partial charge in [0.2, 0.25) is 0 Å². The Morgan fingerprint density at radius 2 is 2.14 bits per heavy atom. The maximum absolute atomic E-state index is 13.1. The van der Waals surface area contributed by atoms with Gasteiger partial charge in [0.1, 0.15) is 0 Å². The highest BCUT2D eigenvalue weighted by Crippen LogP contribution is 2.24. The summed E-state index contributed by atoms with van der Waals surface area (Å²) in [6.07, 6.45) is 2.34. The molecule has 0 radical (unpaired) electrons. The van der Waals surface area contributed by atoms with Gasteiger partial charge in [-0.1, -0.05) is 6.08 Å². The molecule has 0 atom stereocenters. The Morgan fingerprint density at radius 1 is 1.43 bits per heavy atom. The summed E-state index contributed by atoms with van der Waals surface area (Å²) < 4.78 is 25.9. The van der Waals surface area contributed by atoms with Crippen LogP contribution in [0.4, 0.5) is 20.2 Å². The lowest BCUT2D eigenvalue weighted by Gasteiger charge is -2.09. The molecule has 0 saturated carbocycles. The van der Waals surface area contributed by atoms with Crippen molar-refractivity contribution in [2.75, 3.05) is 17.6 Å². The van der Waals surface area contributed by atoms with Crippen LogP contribution in [0.25, 0.3) is 0 Å². The van der Waals surface area contributed by atoms with Gasteiger partial charge in [0, 0.05) is 6.54 Å². The molecule has 76 valence electrons. The molecule has 4 heteroatoms. The Morgan fingerprint density at radius 3 is 2.79 bits per heavy atom. The largest absolute Gasteiger partial charge is 0.397 e. The van der Waals surface area contributed by atoms with Gasteiger partial charge in [0.15, 0.2) is 11.6 Å². The van der Waals surface area contributed by atoms with Gasteiger partial charge in [-0.15, -0.1) is 6.58 Å². The van der Waals surface area contributed by atoms with Crippen molar-refractivity contribution in [2.45, 2.75) is 6.42 Å². The second kappa shape index (κ2) is 4.60. The fourth-order valence-corrected chi connectivity index (χ4v) is 1.04. The molecule has 0 aliphatic carbocycles. The SMILES string of the molecule is C=CCCNc1c(N)ccc(F)c1F. The molecule has 0 fully saturated rings. The highest BCUT2D eigenvalue weighted by atomic mass is 19.2. The van der Waals surface area contributed by atoms with E-state index in [0.717, 1.165) is 6.07 Å². The second-order valence-corrected chi connectivity index (χ2v) is 2.83. The van der Waals surface area contributed by atoms with Gasteiger partial charge in [-0.05, 0) is 18.6 Å².